The molecule has 1 amide bonds. The number of carboxylic acid groups (broad SMARTS) is 1. The van der Waals surface area contributed by atoms with Gasteiger partial charge in [0.15, 0.2) is 0 Å². The molecule has 20 heavy (non-hydrogen) atoms. The number of hydrogen-bond acceptors (Lipinski definition) is 2. The van der Waals surface area contributed by atoms with Gasteiger partial charge in [-0.3, -0.25) is 9.59 Å². The van der Waals surface area contributed by atoms with E-state index in [4.69, 9.17) is 5.11 Å². The van der Waals surface area contributed by atoms with Crippen molar-refractivity contribution in [2.24, 2.45) is 5.92 Å². The average Bonchev–Trinajstić information content (AvgIpc) is 2.41. The molecule has 0 spiro atoms. The predicted molar refractivity (Wildman–Crippen MR) is 79.7 cm³/mol. The van der Waals surface area contributed by atoms with Crippen LogP contribution in [0.3, 0.4) is 0 Å². The Morgan fingerprint density at radius 2 is 1.85 bits per heavy atom. The topological polar surface area (TPSA) is 66.4 Å². The van der Waals surface area contributed by atoms with E-state index in [1.54, 1.807) is 24.3 Å². The number of amides is 1. The normalized spacial score (nSPS) is 11.9. The smallest absolute Gasteiger partial charge is 0.307 e. The highest BCUT2D eigenvalue weighted by molar-refractivity contribution is 5.92. The molecule has 0 heterocycles. The van der Waals surface area contributed by atoms with Crippen LogP contribution in [0.5, 0.6) is 0 Å². The molecule has 110 valence electrons. The summed E-state index contributed by atoms with van der Waals surface area (Å²) >= 11 is 0. The van der Waals surface area contributed by atoms with Gasteiger partial charge in [-0.05, 0) is 30.5 Å². The number of aliphatic carboxylic acids is 1. The number of anilines is 1. The molecule has 1 unspecified atom stereocenters. The van der Waals surface area contributed by atoms with Crippen LogP contribution in [0.2, 0.25) is 0 Å². The van der Waals surface area contributed by atoms with Gasteiger partial charge in [0.1, 0.15) is 0 Å². The van der Waals surface area contributed by atoms with Gasteiger partial charge in [0.2, 0.25) is 5.91 Å². The van der Waals surface area contributed by atoms with Crippen molar-refractivity contribution in [3.05, 3.63) is 29.8 Å². The van der Waals surface area contributed by atoms with Crippen LogP contribution in [0, 0.1) is 5.92 Å². The molecule has 2 N–H and O–H groups in total. The zero-order valence-electron chi connectivity index (χ0n) is 12.2. The molecule has 1 aromatic rings. The molecule has 0 radical (unpaired) electrons. The second-order valence-electron chi connectivity index (χ2n) is 5.00. The van der Waals surface area contributed by atoms with Gasteiger partial charge >= 0.3 is 5.97 Å². The average molecular weight is 277 g/mol. The maximum atomic E-state index is 12.1. The minimum Gasteiger partial charge on any atom is -0.481 e. The van der Waals surface area contributed by atoms with Crippen LogP contribution in [0.1, 0.15) is 45.1 Å². The van der Waals surface area contributed by atoms with E-state index in [1.165, 1.54) is 0 Å². The van der Waals surface area contributed by atoms with Crippen molar-refractivity contribution < 1.29 is 14.7 Å². The first-order valence-corrected chi connectivity index (χ1v) is 7.18. The number of carboxylic acids is 1. The number of carbonyl (C=O) groups excluding carboxylic acids is 1. The maximum absolute atomic E-state index is 12.1. The maximum Gasteiger partial charge on any atom is 0.307 e. The van der Waals surface area contributed by atoms with E-state index in [2.05, 4.69) is 12.2 Å². The van der Waals surface area contributed by atoms with Crippen molar-refractivity contribution in [1.29, 1.82) is 0 Å². The van der Waals surface area contributed by atoms with Crippen molar-refractivity contribution in [3.63, 3.8) is 0 Å². The zero-order valence-corrected chi connectivity index (χ0v) is 12.2. The van der Waals surface area contributed by atoms with Crippen LogP contribution < -0.4 is 5.32 Å². The van der Waals surface area contributed by atoms with Crippen LogP contribution in [-0.2, 0) is 16.0 Å². The van der Waals surface area contributed by atoms with Gasteiger partial charge in [-0.15, -0.1) is 0 Å². The molecule has 0 bridgehead atoms. The molecular formula is C16H23NO3. The first kappa shape index (κ1) is 16.2. The Morgan fingerprint density at radius 1 is 1.20 bits per heavy atom. The van der Waals surface area contributed by atoms with E-state index in [1.807, 2.05) is 6.92 Å². The monoisotopic (exact) mass is 277 g/mol. The molecule has 0 aliphatic heterocycles. The number of benzene rings is 1. The number of nitrogens with one attached hydrogen (secondary N) is 1. The number of rotatable bonds is 8. The second kappa shape index (κ2) is 8.35. The lowest BCUT2D eigenvalue weighted by Gasteiger charge is -2.14. The lowest BCUT2D eigenvalue weighted by molar-refractivity contribution is -0.136. The highest BCUT2D eigenvalue weighted by Crippen LogP contribution is 2.17. The molecule has 0 saturated carbocycles. The Labute approximate surface area is 120 Å². The van der Waals surface area contributed by atoms with Gasteiger partial charge in [0.25, 0.3) is 0 Å². The van der Waals surface area contributed by atoms with Gasteiger partial charge in [-0.2, -0.15) is 0 Å². The lowest BCUT2D eigenvalue weighted by atomic mass is 9.98. The summed E-state index contributed by atoms with van der Waals surface area (Å²) in [7, 11) is 0. The van der Waals surface area contributed by atoms with E-state index >= 15 is 0 Å². The summed E-state index contributed by atoms with van der Waals surface area (Å²) in [5.74, 6) is -0.757. The summed E-state index contributed by atoms with van der Waals surface area (Å²) in [4.78, 5) is 22.7. The molecule has 0 fully saturated rings. The third-order valence-electron chi connectivity index (χ3n) is 3.35. The first-order chi connectivity index (χ1) is 9.56. The quantitative estimate of drug-likeness (QED) is 0.764. The fourth-order valence-corrected chi connectivity index (χ4v) is 2.10. The van der Waals surface area contributed by atoms with Crippen molar-refractivity contribution >= 4 is 17.6 Å². The highest BCUT2D eigenvalue weighted by atomic mass is 16.4. The number of hydrogen-bond donors (Lipinski definition) is 2. The molecule has 0 aliphatic rings. The van der Waals surface area contributed by atoms with Gasteiger partial charge in [-0.1, -0.05) is 38.8 Å². The van der Waals surface area contributed by atoms with Gasteiger partial charge in [0, 0.05) is 11.6 Å². The molecule has 0 aromatic heterocycles. The first-order valence-electron chi connectivity index (χ1n) is 7.18. The van der Waals surface area contributed by atoms with Gasteiger partial charge in [-0.25, -0.2) is 0 Å². The summed E-state index contributed by atoms with van der Waals surface area (Å²) in [6, 6.07) is 6.97. The van der Waals surface area contributed by atoms with Crippen LogP contribution >= 0.6 is 0 Å². The fraction of sp³-hybridized carbons (Fsp3) is 0.500. The van der Waals surface area contributed by atoms with Crippen molar-refractivity contribution in [1.82, 2.24) is 0 Å². The Balaban J connectivity index is 2.58. The van der Waals surface area contributed by atoms with Crippen LogP contribution in [-0.4, -0.2) is 17.0 Å². The third-order valence-corrected chi connectivity index (χ3v) is 3.35. The molecule has 1 rings (SSSR count). The molecule has 0 saturated heterocycles. The molecule has 0 aliphatic carbocycles. The van der Waals surface area contributed by atoms with Crippen molar-refractivity contribution in [2.75, 3.05) is 5.32 Å². The molecule has 1 aromatic carbocycles. The van der Waals surface area contributed by atoms with E-state index in [0.717, 1.165) is 36.9 Å². The van der Waals surface area contributed by atoms with Crippen molar-refractivity contribution in [2.45, 2.75) is 46.0 Å². The number of unbranched alkanes of at least 4 members (excludes halogenated alkanes) is 1. The van der Waals surface area contributed by atoms with Crippen molar-refractivity contribution in [3.8, 4) is 0 Å². The summed E-state index contributed by atoms with van der Waals surface area (Å²) in [5.41, 5.74) is 1.45. The minimum atomic E-state index is -0.854. The Bertz CT molecular complexity index is 440. The van der Waals surface area contributed by atoms with Crippen LogP contribution in [0.25, 0.3) is 0 Å². The molecule has 4 nitrogen and oxygen atoms in total. The molecule has 4 heteroatoms. The standard InChI is InChI=1S/C16H23NO3/c1-3-5-6-13(4-2)16(20)17-14-9-7-12(8-10-14)11-15(18)19/h7-10,13H,3-6,11H2,1-2H3,(H,17,20)(H,18,19). The van der Waals surface area contributed by atoms with Crippen LogP contribution in [0.4, 0.5) is 5.69 Å². The minimum absolute atomic E-state index is 0.00229. The Kier molecular flexibility index (Phi) is 6.77. The summed E-state index contributed by atoms with van der Waals surface area (Å²) in [5, 5.41) is 11.6. The van der Waals surface area contributed by atoms with E-state index in [9.17, 15) is 9.59 Å². The molecule has 1 atom stereocenters. The SMILES string of the molecule is CCCCC(CC)C(=O)Nc1ccc(CC(=O)O)cc1. The van der Waals surface area contributed by atoms with Gasteiger partial charge < -0.3 is 10.4 Å². The predicted octanol–water partition coefficient (Wildman–Crippen LogP) is 3.47. The van der Waals surface area contributed by atoms with E-state index in [-0.39, 0.29) is 18.2 Å². The second-order valence-corrected chi connectivity index (χ2v) is 5.00. The van der Waals surface area contributed by atoms with Gasteiger partial charge in [0.05, 0.1) is 6.42 Å². The fourth-order valence-electron chi connectivity index (χ4n) is 2.10. The largest absolute Gasteiger partial charge is 0.481 e. The Hall–Kier alpha value is -1.84. The highest BCUT2D eigenvalue weighted by Gasteiger charge is 2.15. The summed E-state index contributed by atoms with van der Waals surface area (Å²) < 4.78 is 0. The zero-order chi connectivity index (χ0) is 15.0. The Morgan fingerprint density at radius 3 is 2.35 bits per heavy atom. The summed E-state index contributed by atoms with van der Waals surface area (Å²) in [6.07, 6.45) is 3.90. The lowest BCUT2D eigenvalue weighted by Crippen LogP contribution is -2.22. The molecular weight excluding hydrogens is 254 g/mol. The third kappa shape index (κ3) is 5.43. The van der Waals surface area contributed by atoms with Crippen LogP contribution in [0.15, 0.2) is 24.3 Å². The van der Waals surface area contributed by atoms with E-state index in [0.29, 0.717) is 0 Å². The van der Waals surface area contributed by atoms with E-state index < -0.39 is 5.97 Å². The number of carbonyl (C=O) groups is 2. The summed E-state index contributed by atoms with van der Waals surface area (Å²) in [6.45, 7) is 4.14.